The SMILES string of the molecule is O=C1CCC(NCc2c(C(=O)O)ccc3c2OCC(CCOCc2ccccc2)C3)C(=O)N1. The number of imide groups is 1. The summed E-state index contributed by atoms with van der Waals surface area (Å²) in [5, 5.41) is 15.1. The number of carbonyl (C=O) groups is 3. The maximum atomic E-state index is 12.0. The van der Waals surface area contributed by atoms with Crippen LogP contribution < -0.4 is 15.4 Å². The molecule has 3 N–H and O–H groups in total. The Morgan fingerprint density at radius 1 is 1.18 bits per heavy atom. The molecule has 0 bridgehead atoms. The first-order valence-corrected chi connectivity index (χ1v) is 11.2. The standard InChI is InChI=1S/C25H28N2O6/c28-22-9-8-21(24(29)27-22)26-13-20-19(25(30)31)7-6-18-12-17(15-33-23(18)20)10-11-32-14-16-4-2-1-3-5-16/h1-7,17,21,26H,8-15H2,(H,30,31)(H,27,28,29). The van der Waals surface area contributed by atoms with Gasteiger partial charge in [-0.05, 0) is 42.4 Å². The van der Waals surface area contributed by atoms with Gasteiger partial charge in [0, 0.05) is 25.1 Å². The zero-order valence-corrected chi connectivity index (χ0v) is 18.3. The summed E-state index contributed by atoms with van der Waals surface area (Å²) in [6.45, 7) is 1.84. The molecule has 0 saturated carbocycles. The van der Waals surface area contributed by atoms with Gasteiger partial charge >= 0.3 is 5.97 Å². The van der Waals surface area contributed by atoms with Crippen LogP contribution in [0.15, 0.2) is 42.5 Å². The summed E-state index contributed by atoms with van der Waals surface area (Å²) in [4.78, 5) is 35.2. The molecule has 8 nitrogen and oxygen atoms in total. The van der Waals surface area contributed by atoms with Crippen molar-refractivity contribution < 1.29 is 29.0 Å². The summed E-state index contributed by atoms with van der Waals surface area (Å²) in [6.07, 6.45) is 2.26. The van der Waals surface area contributed by atoms with E-state index >= 15 is 0 Å². The first-order valence-electron chi connectivity index (χ1n) is 11.2. The molecule has 0 spiro atoms. The molecule has 8 heteroatoms. The normalized spacial score (nSPS) is 20.0. The lowest BCUT2D eigenvalue weighted by molar-refractivity contribution is -0.134. The number of carboxylic acid groups (broad SMARTS) is 1. The van der Waals surface area contributed by atoms with Crippen LogP contribution in [0.1, 0.15) is 46.3 Å². The second kappa shape index (κ2) is 10.6. The monoisotopic (exact) mass is 452 g/mol. The molecule has 2 aromatic rings. The van der Waals surface area contributed by atoms with E-state index in [1.807, 2.05) is 36.4 Å². The van der Waals surface area contributed by atoms with Crippen LogP contribution in [-0.2, 0) is 33.9 Å². The summed E-state index contributed by atoms with van der Waals surface area (Å²) in [5.74, 6) is -0.859. The Hall–Kier alpha value is -3.23. The fraction of sp³-hybridized carbons (Fsp3) is 0.400. The maximum absolute atomic E-state index is 12.0. The number of fused-ring (bicyclic) bond motifs is 1. The molecule has 1 saturated heterocycles. The van der Waals surface area contributed by atoms with E-state index in [0.29, 0.717) is 37.6 Å². The van der Waals surface area contributed by atoms with Crippen LogP contribution in [0.3, 0.4) is 0 Å². The van der Waals surface area contributed by atoms with E-state index in [4.69, 9.17) is 9.47 Å². The number of piperidine rings is 1. The Labute approximate surface area is 192 Å². The minimum atomic E-state index is -1.04. The highest BCUT2D eigenvalue weighted by Crippen LogP contribution is 2.34. The van der Waals surface area contributed by atoms with Gasteiger partial charge in [-0.25, -0.2) is 4.79 Å². The quantitative estimate of drug-likeness (QED) is 0.396. The number of benzene rings is 2. The van der Waals surface area contributed by atoms with Crippen LogP contribution in [0.4, 0.5) is 0 Å². The second-order valence-corrected chi connectivity index (χ2v) is 8.48. The molecule has 2 aromatic carbocycles. The Kier molecular flexibility index (Phi) is 7.36. The van der Waals surface area contributed by atoms with Gasteiger partial charge in [0.2, 0.25) is 11.8 Å². The van der Waals surface area contributed by atoms with Crippen molar-refractivity contribution in [2.45, 2.75) is 44.9 Å². The number of rotatable bonds is 9. The second-order valence-electron chi connectivity index (χ2n) is 8.48. The molecule has 0 aromatic heterocycles. The Balaban J connectivity index is 1.37. The molecule has 1 fully saturated rings. The van der Waals surface area contributed by atoms with Gasteiger partial charge in [0.05, 0.1) is 24.8 Å². The van der Waals surface area contributed by atoms with Crippen molar-refractivity contribution in [3.63, 3.8) is 0 Å². The Morgan fingerprint density at radius 2 is 2.00 bits per heavy atom. The number of hydrogen-bond acceptors (Lipinski definition) is 6. The van der Waals surface area contributed by atoms with Crippen LogP contribution in [0.2, 0.25) is 0 Å². The molecule has 2 heterocycles. The number of nitrogens with one attached hydrogen (secondary N) is 2. The van der Waals surface area contributed by atoms with E-state index in [-0.39, 0.29) is 36.3 Å². The molecule has 2 atom stereocenters. The highest BCUT2D eigenvalue weighted by atomic mass is 16.5. The van der Waals surface area contributed by atoms with Crippen LogP contribution in [0.25, 0.3) is 0 Å². The molecule has 2 amide bonds. The minimum Gasteiger partial charge on any atom is -0.493 e. The summed E-state index contributed by atoms with van der Waals surface area (Å²) in [7, 11) is 0. The number of ether oxygens (including phenoxy) is 2. The summed E-state index contributed by atoms with van der Waals surface area (Å²) in [5.41, 5.74) is 2.78. The predicted molar refractivity (Wildman–Crippen MR) is 120 cm³/mol. The zero-order valence-electron chi connectivity index (χ0n) is 18.3. The number of carbonyl (C=O) groups excluding carboxylic acids is 2. The van der Waals surface area contributed by atoms with Gasteiger partial charge < -0.3 is 19.9 Å². The molecule has 2 aliphatic heterocycles. The lowest BCUT2D eigenvalue weighted by Gasteiger charge is -2.29. The summed E-state index contributed by atoms with van der Waals surface area (Å²) < 4.78 is 11.8. The first kappa shape index (κ1) is 22.9. The van der Waals surface area contributed by atoms with Crippen molar-refractivity contribution in [3.05, 3.63) is 64.7 Å². The highest BCUT2D eigenvalue weighted by Gasteiger charge is 2.29. The number of hydrogen-bond donors (Lipinski definition) is 3. The largest absolute Gasteiger partial charge is 0.493 e. The molecule has 4 rings (SSSR count). The van der Waals surface area contributed by atoms with Crippen molar-refractivity contribution in [1.82, 2.24) is 10.6 Å². The van der Waals surface area contributed by atoms with E-state index in [2.05, 4.69) is 10.6 Å². The molecule has 174 valence electrons. The van der Waals surface area contributed by atoms with Crippen LogP contribution in [-0.4, -0.2) is 42.1 Å². The Morgan fingerprint density at radius 3 is 2.76 bits per heavy atom. The van der Waals surface area contributed by atoms with Crippen LogP contribution in [0.5, 0.6) is 5.75 Å². The highest BCUT2D eigenvalue weighted by molar-refractivity contribution is 6.00. The Bertz CT molecular complexity index is 1020. The third-order valence-corrected chi connectivity index (χ3v) is 6.09. The fourth-order valence-electron chi connectivity index (χ4n) is 4.28. The third kappa shape index (κ3) is 5.77. The lowest BCUT2D eigenvalue weighted by atomic mass is 9.90. The van der Waals surface area contributed by atoms with Gasteiger partial charge in [-0.2, -0.15) is 0 Å². The van der Waals surface area contributed by atoms with Gasteiger partial charge in [0.15, 0.2) is 0 Å². The smallest absolute Gasteiger partial charge is 0.336 e. The van der Waals surface area contributed by atoms with Gasteiger partial charge in [0.25, 0.3) is 0 Å². The van der Waals surface area contributed by atoms with Gasteiger partial charge in [-0.1, -0.05) is 36.4 Å². The third-order valence-electron chi connectivity index (χ3n) is 6.09. The van der Waals surface area contributed by atoms with Crippen molar-refractivity contribution in [1.29, 1.82) is 0 Å². The molecular formula is C25H28N2O6. The van der Waals surface area contributed by atoms with Gasteiger partial charge in [0.1, 0.15) is 5.75 Å². The average Bonchev–Trinajstić information content (AvgIpc) is 2.81. The van der Waals surface area contributed by atoms with Crippen molar-refractivity contribution >= 4 is 17.8 Å². The first-order chi connectivity index (χ1) is 16.0. The van der Waals surface area contributed by atoms with Crippen molar-refractivity contribution in [2.24, 2.45) is 5.92 Å². The predicted octanol–water partition coefficient (Wildman–Crippen LogP) is 2.44. The van der Waals surface area contributed by atoms with Crippen molar-refractivity contribution in [2.75, 3.05) is 13.2 Å². The van der Waals surface area contributed by atoms with Gasteiger partial charge in [-0.3, -0.25) is 14.9 Å². The van der Waals surface area contributed by atoms with E-state index in [0.717, 1.165) is 24.0 Å². The average molecular weight is 453 g/mol. The lowest BCUT2D eigenvalue weighted by Crippen LogP contribution is -2.50. The number of amides is 2. The molecule has 0 radical (unpaired) electrons. The summed E-state index contributed by atoms with van der Waals surface area (Å²) >= 11 is 0. The molecular weight excluding hydrogens is 424 g/mol. The maximum Gasteiger partial charge on any atom is 0.336 e. The molecule has 2 aliphatic rings. The van der Waals surface area contributed by atoms with E-state index in [1.54, 1.807) is 6.07 Å². The van der Waals surface area contributed by atoms with E-state index in [1.165, 1.54) is 0 Å². The fourth-order valence-corrected chi connectivity index (χ4v) is 4.28. The number of carboxylic acids is 1. The molecule has 2 unspecified atom stereocenters. The van der Waals surface area contributed by atoms with E-state index in [9.17, 15) is 19.5 Å². The van der Waals surface area contributed by atoms with Crippen LogP contribution >= 0.6 is 0 Å². The zero-order chi connectivity index (χ0) is 23.2. The molecule has 0 aliphatic carbocycles. The summed E-state index contributed by atoms with van der Waals surface area (Å²) in [6, 6.07) is 12.9. The minimum absolute atomic E-state index is 0.151. The number of aromatic carboxylic acids is 1. The van der Waals surface area contributed by atoms with E-state index < -0.39 is 12.0 Å². The molecule has 33 heavy (non-hydrogen) atoms. The van der Waals surface area contributed by atoms with Gasteiger partial charge in [-0.15, -0.1) is 0 Å². The van der Waals surface area contributed by atoms with Crippen LogP contribution in [0, 0.1) is 5.92 Å². The van der Waals surface area contributed by atoms with Crippen molar-refractivity contribution in [3.8, 4) is 5.75 Å². The topological polar surface area (TPSA) is 114 Å².